The summed E-state index contributed by atoms with van der Waals surface area (Å²) >= 11 is 4.58. The molecule has 0 aliphatic rings. The van der Waals surface area contributed by atoms with Crippen molar-refractivity contribution in [2.45, 2.75) is 25.9 Å². The van der Waals surface area contributed by atoms with Crippen LogP contribution in [0.3, 0.4) is 0 Å². The van der Waals surface area contributed by atoms with Gasteiger partial charge in [-0.2, -0.15) is 0 Å². The second-order valence-electron chi connectivity index (χ2n) is 5.39. The van der Waals surface area contributed by atoms with E-state index in [4.69, 9.17) is 4.74 Å². The maximum Gasteiger partial charge on any atom is 0.316 e. The molecule has 0 aliphatic heterocycles. The molecule has 2 rings (SSSR count). The Hall–Kier alpha value is -1.93. The first-order chi connectivity index (χ1) is 11.8. The Bertz CT molecular complexity index is 778. The monoisotopic (exact) mass is 423 g/mol. The van der Waals surface area contributed by atoms with Crippen LogP contribution in [0, 0.1) is 20.8 Å². The van der Waals surface area contributed by atoms with Gasteiger partial charge in [0.15, 0.2) is 11.8 Å². The number of amides is 1. The predicted octanol–water partition coefficient (Wildman–Crippen LogP) is 3.44. The van der Waals surface area contributed by atoms with Gasteiger partial charge in [0.05, 0.1) is 5.75 Å². The molecule has 1 N–H and O–H groups in total. The second kappa shape index (κ2) is 8.96. The molecule has 0 spiro atoms. The summed E-state index contributed by atoms with van der Waals surface area (Å²) in [6, 6.07) is 7.32. The van der Waals surface area contributed by atoms with Crippen molar-refractivity contribution >= 4 is 45.3 Å². The average molecular weight is 424 g/mol. The highest BCUT2D eigenvalue weighted by molar-refractivity contribution is 9.10. The lowest BCUT2D eigenvalue weighted by atomic mass is 10.2. The number of nitrogens with one attached hydrogen (secondary N) is 1. The average Bonchev–Trinajstić information content (AvgIpc) is 2.53. The van der Waals surface area contributed by atoms with Crippen molar-refractivity contribution in [2.75, 3.05) is 17.7 Å². The van der Waals surface area contributed by atoms with Crippen LogP contribution in [0.25, 0.3) is 0 Å². The number of thioether (sulfide) groups is 1. The quantitative estimate of drug-likeness (QED) is 0.435. The Kier molecular flexibility index (Phi) is 6.95. The molecule has 0 fully saturated rings. The number of benzene rings is 1. The topological polar surface area (TPSA) is 81.2 Å². The SMILES string of the molecule is Cc1cc(C)nc(SCC(=O)OCC(=O)Nc2ccc(C)c(Br)c2)n1. The number of esters is 1. The number of aromatic nitrogens is 2. The van der Waals surface area contributed by atoms with E-state index in [9.17, 15) is 9.59 Å². The molecule has 0 unspecified atom stereocenters. The van der Waals surface area contributed by atoms with Crippen LogP contribution in [-0.4, -0.2) is 34.2 Å². The summed E-state index contributed by atoms with van der Waals surface area (Å²) in [6.45, 7) is 5.35. The maximum atomic E-state index is 11.8. The van der Waals surface area contributed by atoms with Gasteiger partial charge < -0.3 is 10.1 Å². The Morgan fingerprint density at radius 1 is 1.16 bits per heavy atom. The van der Waals surface area contributed by atoms with E-state index >= 15 is 0 Å². The minimum Gasteiger partial charge on any atom is -0.455 e. The number of halogens is 1. The molecular weight excluding hydrogens is 406 g/mol. The van der Waals surface area contributed by atoms with Gasteiger partial charge >= 0.3 is 5.97 Å². The van der Waals surface area contributed by atoms with Crippen molar-refractivity contribution in [3.05, 3.63) is 45.7 Å². The molecule has 1 amide bonds. The van der Waals surface area contributed by atoms with Gasteiger partial charge in [0.25, 0.3) is 5.91 Å². The summed E-state index contributed by atoms with van der Waals surface area (Å²) in [6.07, 6.45) is 0. The Morgan fingerprint density at radius 3 is 2.48 bits per heavy atom. The number of aryl methyl sites for hydroxylation is 3. The Balaban J connectivity index is 1.77. The molecule has 1 heterocycles. The smallest absolute Gasteiger partial charge is 0.316 e. The summed E-state index contributed by atoms with van der Waals surface area (Å²) in [7, 11) is 0. The van der Waals surface area contributed by atoms with Crippen molar-refractivity contribution in [1.29, 1.82) is 0 Å². The highest BCUT2D eigenvalue weighted by atomic mass is 79.9. The van der Waals surface area contributed by atoms with E-state index in [0.717, 1.165) is 21.4 Å². The first kappa shape index (κ1) is 19.4. The fraction of sp³-hybridized carbons (Fsp3) is 0.294. The lowest BCUT2D eigenvalue weighted by Gasteiger charge is -2.08. The van der Waals surface area contributed by atoms with Gasteiger partial charge in [-0.1, -0.05) is 33.8 Å². The number of carbonyl (C=O) groups excluding carboxylic acids is 2. The zero-order valence-corrected chi connectivity index (χ0v) is 16.5. The number of rotatable bonds is 6. The van der Waals surface area contributed by atoms with Crippen LogP contribution in [0.1, 0.15) is 17.0 Å². The molecule has 0 radical (unpaired) electrons. The molecule has 6 nitrogen and oxygen atoms in total. The minimum atomic E-state index is -0.493. The zero-order chi connectivity index (χ0) is 18.4. The third-order valence-corrected chi connectivity index (χ3v) is 4.78. The third kappa shape index (κ3) is 6.47. The number of hydrogen-bond donors (Lipinski definition) is 1. The van der Waals surface area contributed by atoms with Crippen LogP contribution < -0.4 is 5.32 Å². The van der Waals surface area contributed by atoms with Crippen LogP contribution >= 0.6 is 27.7 Å². The summed E-state index contributed by atoms with van der Waals surface area (Å²) < 4.78 is 5.87. The second-order valence-corrected chi connectivity index (χ2v) is 7.19. The number of hydrogen-bond acceptors (Lipinski definition) is 6. The number of ether oxygens (including phenoxy) is 1. The summed E-state index contributed by atoms with van der Waals surface area (Å²) in [5.41, 5.74) is 3.38. The van der Waals surface area contributed by atoms with Gasteiger partial charge in [-0.25, -0.2) is 9.97 Å². The molecule has 0 atom stereocenters. The Labute approximate surface area is 158 Å². The number of nitrogens with zero attached hydrogens (tertiary/aromatic N) is 2. The predicted molar refractivity (Wildman–Crippen MR) is 101 cm³/mol. The number of anilines is 1. The summed E-state index contributed by atoms with van der Waals surface area (Å²) in [4.78, 5) is 32.1. The molecule has 0 saturated heterocycles. The van der Waals surface area contributed by atoms with Gasteiger partial charge in [-0.3, -0.25) is 9.59 Å². The molecule has 132 valence electrons. The molecule has 1 aromatic heterocycles. The molecule has 0 saturated carbocycles. The van der Waals surface area contributed by atoms with E-state index in [1.807, 2.05) is 32.9 Å². The standard InChI is InChI=1S/C17H18BrN3O3S/c1-10-4-5-13(7-14(10)18)21-15(22)8-24-16(23)9-25-17-19-11(2)6-12(3)20-17/h4-7H,8-9H2,1-3H3,(H,21,22). The van der Waals surface area contributed by atoms with Crippen molar-refractivity contribution in [1.82, 2.24) is 9.97 Å². The van der Waals surface area contributed by atoms with Crippen molar-refractivity contribution in [3.63, 3.8) is 0 Å². The first-order valence-corrected chi connectivity index (χ1v) is 9.28. The highest BCUT2D eigenvalue weighted by Gasteiger charge is 2.10. The molecule has 2 aromatic rings. The highest BCUT2D eigenvalue weighted by Crippen LogP contribution is 2.20. The third-order valence-electron chi connectivity index (χ3n) is 3.10. The lowest BCUT2D eigenvalue weighted by Crippen LogP contribution is -2.21. The molecule has 0 aliphatic carbocycles. The van der Waals surface area contributed by atoms with E-state index in [0.29, 0.717) is 10.8 Å². The fourth-order valence-corrected chi connectivity index (χ4v) is 3.06. The van der Waals surface area contributed by atoms with E-state index < -0.39 is 11.9 Å². The Morgan fingerprint density at radius 2 is 1.84 bits per heavy atom. The van der Waals surface area contributed by atoms with Crippen LogP contribution in [0.2, 0.25) is 0 Å². The molecule has 25 heavy (non-hydrogen) atoms. The van der Waals surface area contributed by atoms with Gasteiger partial charge in [0.1, 0.15) is 0 Å². The van der Waals surface area contributed by atoms with E-state index in [1.165, 1.54) is 11.8 Å². The van der Waals surface area contributed by atoms with Gasteiger partial charge in [0, 0.05) is 21.5 Å². The van der Waals surface area contributed by atoms with Crippen LogP contribution in [0.15, 0.2) is 33.9 Å². The fourth-order valence-electron chi connectivity index (χ4n) is 1.94. The van der Waals surface area contributed by atoms with Crippen LogP contribution in [0.4, 0.5) is 5.69 Å². The lowest BCUT2D eigenvalue weighted by molar-refractivity contribution is -0.144. The summed E-state index contributed by atoms with van der Waals surface area (Å²) in [5, 5.41) is 3.19. The molecule has 1 aromatic carbocycles. The first-order valence-electron chi connectivity index (χ1n) is 7.50. The van der Waals surface area contributed by atoms with Crippen LogP contribution in [-0.2, 0) is 14.3 Å². The molecule has 8 heteroatoms. The largest absolute Gasteiger partial charge is 0.455 e. The number of carbonyl (C=O) groups is 2. The van der Waals surface area contributed by atoms with E-state index in [2.05, 4.69) is 31.2 Å². The van der Waals surface area contributed by atoms with Crippen molar-refractivity contribution < 1.29 is 14.3 Å². The van der Waals surface area contributed by atoms with Crippen molar-refractivity contribution in [3.8, 4) is 0 Å². The van der Waals surface area contributed by atoms with Gasteiger partial charge in [-0.05, 0) is 44.5 Å². The van der Waals surface area contributed by atoms with E-state index in [-0.39, 0.29) is 12.4 Å². The van der Waals surface area contributed by atoms with Gasteiger partial charge in [-0.15, -0.1) is 0 Å². The van der Waals surface area contributed by atoms with E-state index in [1.54, 1.807) is 12.1 Å². The van der Waals surface area contributed by atoms with Gasteiger partial charge in [0.2, 0.25) is 0 Å². The van der Waals surface area contributed by atoms with Crippen molar-refractivity contribution in [2.24, 2.45) is 0 Å². The minimum absolute atomic E-state index is 0.0479. The maximum absolute atomic E-state index is 11.8. The van der Waals surface area contributed by atoms with Crippen LogP contribution in [0.5, 0.6) is 0 Å². The molecule has 0 bridgehead atoms. The normalized spacial score (nSPS) is 10.4. The zero-order valence-electron chi connectivity index (χ0n) is 14.1. The molecular formula is C17H18BrN3O3S. The summed E-state index contributed by atoms with van der Waals surface area (Å²) in [5.74, 6) is -0.837.